The number of halogens is 1. The normalized spacial score (nSPS) is 11.1. The molecule has 110 valence electrons. The molecule has 0 saturated carbocycles. The van der Waals surface area contributed by atoms with Gasteiger partial charge in [0.05, 0.1) is 23.6 Å². The van der Waals surface area contributed by atoms with Crippen LogP contribution in [0.2, 0.25) is 5.28 Å². The Bertz CT molecular complexity index is 791. The Balaban J connectivity index is 2.32. The average molecular weight is 328 g/mol. The van der Waals surface area contributed by atoms with Crippen LogP contribution in [0.25, 0.3) is 0 Å². The van der Waals surface area contributed by atoms with Gasteiger partial charge in [0.25, 0.3) is 10.0 Å². The molecule has 7 nitrogen and oxygen atoms in total. The fraction of sp³-hybridized carbons (Fsp3) is 0.0833. The van der Waals surface area contributed by atoms with Gasteiger partial charge in [-0.05, 0) is 42.3 Å². The summed E-state index contributed by atoms with van der Waals surface area (Å²) in [5.74, 6) is -1.08. The zero-order valence-electron chi connectivity index (χ0n) is 10.7. The van der Waals surface area contributed by atoms with E-state index in [1.54, 1.807) is 6.92 Å². The van der Waals surface area contributed by atoms with Crippen LogP contribution in [0, 0.1) is 6.92 Å². The van der Waals surface area contributed by atoms with Crippen molar-refractivity contribution in [1.82, 2.24) is 9.97 Å². The van der Waals surface area contributed by atoms with Crippen molar-refractivity contribution in [3.63, 3.8) is 0 Å². The highest BCUT2D eigenvalue weighted by Crippen LogP contribution is 2.20. The number of rotatable bonds is 4. The third-order valence-electron chi connectivity index (χ3n) is 2.62. The summed E-state index contributed by atoms with van der Waals surface area (Å²) < 4.78 is 26.6. The van der Waals surface area contributed by atoms with Crippen molar-refractivity contribution in [3.8, 4) is 0 Å². The Labute approximate surface area is 125 Å². The molecule has 1 heterocycles. The molecule has 0 spiro atoms. The lowest BCUT2D eigenvalue weighted by Gasteiger charge is -2.10. The van der Waals surface area contributed by atoms with E-state index in [1.165, 1.54) is 18.2 Å². The molecular formula is C12H10ClN3O4S. The molecule has 2 aromatic rings. The largest absolute Gasteiger partial charge is 0.478 e. The Kier molecular flexibility index (Phi) is 4.10. The van der Waals surface area contributed by atoms with E-state index in [0.29, 0.717) is 5.56 Å². The van der Waals surface area contributed by atoms with Gasteiger partial charge in [0, 0.05) is 0 Å². The molecule has 2 rings (SSSR count). The van der Waals surface area contributed by atoms with Gasteiger partial charge in [-0.25, -0.2) is 23.2 Å². The molecule has 0 aliphatic heterocycles. The van der Waals surface area contributed by atoms with E-state index >= 15 is 0 Å². The van der Waals surface area contributed by atoms with Gasteiger partial charge in [0.2, 0.25) is 5.28 Å². The number of hydrogen-bond acceptors (Lipinski definition) is 5. The molecule has 0 radical (unpaired) electrons. The quantitative estimate of drug-likeness (QED) is 0.830. The standard InChI is InChI=1S/C12H10ClN3O4S/c1-7-4-8(11(17)18)2-3-10(7)16-21(19,20)9-5-14-12(13)15-6-9/h2-6,16H,1H3,(H,17,18). The SMILES string of the molecule is Cc1cc(C(=O)O)ccc1NS(=O)(=O)c1cnc(Cl)nc1. The summed E-state index contributed by atoms with van der Waals surface area (Å²) in [6.07, 6.45) is 2.16. The number of carbonyl (C=O) groups is 1. The molecule has 1 aromatic heterocycles. The van der Waals surface area contributed by atoms with Crippen LogP contribution < -0.4 is 4.72 Å². The van der Waals surface area contributed by atoms with E-state index in [-0.39, 0.29) is 21.4 Å². The molecule has 0 fully saturated rings. The first kappa shape index (κ1) is 15.2. The average Bonchev–Trinajstić information content (AvgIpc) is 2.41. The first-order valence-corrected chi connectivity index (χ1v) is 7.50. The zero-order chi connectivity index (χ0) is 15.6. The van der Waals surface area contributed by atoms with E-state index in [1.807, 2.05) is 0 Å². The number of aromatic carboxylic acids is 1. The van der Waals surface area contributed by atoms with Crippen molar-refractivity contribution in [2.24, 2.45) is 0 Å². The van der Waals surface area contributed by atoms with Crippen LogP contribution in [0.3, 0.4) is 0 Å². The third-order valence-corrected chi connectivity index (χ3v) is 4.14. The first-order valence-electron chi connectivity index (χ1n) is 5.64. The fourth-order valence-electron chi connectivity index (χ4n) is 1.55. The van der Waals surface area contributed by atoms with Gasteiger partial charge >= 0.3 is 5.97 Å². The molecule has 0 aliphatic carbocycles. The van der Waals surface area contributed by atoms with Crippen LogP contribution in [-0.4, -0.2) is 29.5 Å². The van der Waals surface area contributed by atoms with Crippen LogP contribution >= 0.6 is 11.6 Å². The summed E-state index contributed by atoms with van der Waals surface area (Å²) in [4.78, 5) is 17.9. The molecule has 0 aliphatic rings. The molecule has 0 unspecified atom stereocenters. The monoisotopic (exact) mass is 327 g/mol. The second-order valence-electron chi connectivity index (χ2n) is 4.13. The lowest BCUT2D eigenvalue weighted by Crippen LogP contribution is -2.14. The summed E-state index contributed by atoms with van der Waals surface area (Å²) in [7, 11) is -3.87. The molecule has 1 aromatic carbocycles. The number of anilines is 1. The summed E-state index contributed by atoms with van der Waals surface area (Å²) in [5.41, 5.74) is 0.827. The molecule has 0 bridgehead atoms. The minimum atomic E-state index is -3.87. The third kappa shape index (κ3) is 3.47. The number of benzene rings is 1. The van der Waals surface area contributed by atoms with Gasteiger partial charge in [0.1, 0.15) is 4.90 Å². The highest BCUT2D eigenvalue weighted by atomic mass is 35.5. The molecule has 0 atom stereocenters. The number of carboxylic acids is 1. The van der Waals surface area contributed by atoms with Gasteiger partial charge in [-0.1, -0.05) is 0 Å². The summed E-state index contributed by atoms with van der Waals surface area (Å²) in [6.45, 7) is 1.60. The second kappa shape index (κ2) is 5.66. The molecule has 0 amide bonds. The second-order valence-corrected chi connectivity index (χ2v) is 6.15. The van der Waals surface area contributed by atoms with Gasteiger partial charge in [-0.2, -0.15) is 0 Å². The lowest BCUT2D eigenvalue weighted by atomic mass is 10.1. The van der Waals surface area contributed by atoms with E-state index in [2.05, 4.69) is 14.7 Å². The number of aryl methyl sites for hydroxylation is 1. The summed E-state index contributed by atoms with van der Waals surface area (Å²) in [6, 6.07) is 4.07. The zero-order valence-corrected chi connectivity index (χ0v) is 12.3. The highest BCUT2D eigenvalue weighted by molar-refractivity contribution is 7.92. The minimum absolute atomic E-state index is 0.0593. The van der Waals surface area contributed by atoms with Crippen molar-refractivity contribution < 1.29 is 18.3 Å². The van der Waals surface area contributed by atoms with Gasteiger partial charge < -0.3 is 5.11 Å². The van der Waals surface area contributed by atoms with Gasteiger partial charge in [-0.3, -0.25) is 4.72 Å². The minimum Gasteiger partial charge on any atom is -0.478 e. The maximum Gasteiger partial charge on any atom is 0.335 e. The number of aromatic nitrogens is 2. The van der Waals surface area contributed by atoms with Crippen molar-refractivity contribution >= 4 is 33.3 Å². The maximum atomic E-state index is 12.1. The van der Waals surface area contributed by atoms with Crippen LogP contribution in [0.15, 0.2) is 35.5 Å². The highest BCUT2D eigenvalue weighted by Gasteiger charge is 2.17. The summed E-state index contributed by atoms with van der Waals surface area (Å²) >= 11 is 5.50. The Morgan fingerprint density at radius 3 is 2.43 bits per heavy atom. The fourth-order valence-corrected chi connectivity index (χ4v) is 2.67. The van der Waals surface area contributed by atoms with Crippen molar-refractivity contribution in [3.05, 3.63) is 47.0 Å². The van der Waals surface area contributed by atoms with Crippen LogP contribution in [-0.2, 0) is 10.0 Å². The topological polar surface area (TPSA) is 109 Å². The summed E-state index contributed by atoms with van der Waals surface area (Å²) in [5, 5.41) is 8.81. The van der Waals surface area contributed by atoms with Gasteiger partial charge in [-0.15, -0.1) is 0 Å². The number of nitrogens with one attached hydrogen (secondary N) is 1. The smallest absolute Gasteiger partial charge is 0.335 e. The van der Waals surface area contributed by atoms with E-state index in [4.69, 9.17) is 16.7 Å². The predicted octanol–water partition coefficient (Wildman–Crippen LogP) is 1.94. The molecule has 21 heavy (non-hydrogen) atoms. The Morgan fingerprint density at radius 1 is 1.29 bits per heavy atom. The number of hydrogen-bond donors (Lipinski definition) is 2. The number of sulfonamides is 1. The molecule has 2 N–H and O–H groups in total. The van der Waals surface area contributed by atoms with Crippen molar-refractivity contribution in [2.45, 2.75) is 11.8 Å². The Hall–Kier alpha value is -2.19. The van der Waals surface area contributed by atoms with Crippen molar-refractivity contribution in [2.75, 3.05) is 4.72 Å². The Morgan fingerprint density at radius 2 is 1.90 bits per heavy atom. The van der Waals surface area contributed by atoms with Crippen molar-refractivity contribution in [1.29, 1.82) is 0 Å². The van der Waals surface area contributed by atoms with Crippen LogP contribution in [0.4, 0.5) is 5.69 Å². The van der Waals surface area contributed by atoms with Crippen LogP contribution in [0.5, 0.6) is 0 Å². The molecule has 0 saturated heterocycles. The first-order chi connectivity index (χ1) is 9.79. The molecular weight excluding hydrogens is 318 g/mol. The number of nitrogens with zero attached hydrogens (tertiary/aromatic N) is 2. The maximum absolute atomic E-state index is 12.1. The van der Waals surface area contributed by atoms with E-state index in [9.17, 15) is 13.2 Å². The number of carboxylic acid groups (broad SMARTS) is 1. The van der Waals surface area contributed by atoms with Crippen LogP contribution in [0.1, 0.15) is 15.9 Å². The predicted molar refractivity (Wildman–Crippen MR) is 76.0 cm³/mol. The lowest BCUT2D eigenvalue weighted by molar-refractivity contribution is 0.0697. The van der Waals surface area contributed by atoms with Gasteiger partial charge in [0.15, 0.2) is 0 Å². The van der Waals surface area contributed by atoms with E-state index in [0.717, 1.165) is 12.4 Å². The molecule has 9 heteroatoms. The van der Waals surface area contributed by atoms with E-state index < -0.39 is 16.0 Å².